The van der Waals surface area contributed by atoms with Crippen LogP contribution < -0.4 is 5.32 Å². The Morgan fingerprint density at radius 3 is 2.53 bits per heavy atom. The molecule has 7 heteroatoms. The Balaban J connectivity index is 2.21. The highest BCUT2D eigenvalue weighted by atomic mass is 79.9. The standard InChI is InChI=1S/C10H9BrClNO3S/c11-8-5-7(13-10(14)6-1-2-6)3-4-9(8)17(12,15)16/h3-6H,1-2H2,(H,13,14). The Kier molecular flexibility index (Phi) is 3.47. The summed E-state index contributed by atoms with van der Waals surface area (Å²) in [6, 6.07) is 4.39. The minimum Gasteiger partial charge on any atom is -0.326 e. The lowest BCUT2D eigenvalue weighted by Gasteiger charge is -2.06. The summed E-state index contributed by atoms with van der Waals surface area (Å²) in [5, 5.41) is 2.72. The highest BCUT2D eigenvalue weighted by Gasteiger charge is 2.29. The second-order valence-corrected chi connectivity index (χ2v) is 7.24. The van der Waals surface area contributed by atoms with Gasteiger partial charge in [0.25, 0.3) is 9.05 Å². The summed E-state index contributed by atoms with van der Waals surface area (Å²) in [5.74, 6) is 0.0728. The SMILES string of the molecule is O=C(Nc1ccc(S(=O)(=O)Cl)c(Br)c1)C1CC1. The van der Waals surface area contributed by atoms with Crippen molar-refractivity contribution in [3.63, 3.8) is 0 Å². The molecule has 0 aliphatic heterocycles. The van der Waals surface area contributed by atoms with Gasteiger partial charge in [0.15, 0.2) is 0 Å². The molecule has 0 aromatic heterocycles. The summed E-state index contributed by atoms with van der Waals surface area (Å²) in [6.45, 7) is 0. The molecule has 0 heterocycles. The van der Waals surface area contributed by atoms with E-state index in [1.54, 1.807) is 0 Å². The Bertz CT molecular complexity index is 569. The van der Waals surface area contributed by atoms with Crippen molar-refractivity contribution in [2.24, 2.45) is 5.92 Å². The number of rotatable bonds is 3. The fraction of sp³-hybridized carbons (Fsp3) is 0.300. The summed E-state index contributed by atoms with van der Waals surface area (Å²) in [4.78, 5) is 11.5. The fourth-order valence-corrected chi connectivity index (χ4v) is 3.59. The summed E-state index contributed by atoms with van der Waals surface area (Å²) < 4.78 is 22.6. The molecule has 1 aliphatic carbocycles. The molecule has 0 unspecified atom stereocenters. The van der Waals surface area contributed by atoms with Gasteiger partial charge in [-0.1, -0.05) is 0 Å². The van der Waals surface area contributed by atoms with Crippen LogP contribution in [0.3, 0.4) is 0 Å². The number of carbonyl (C=O) groups excluding carboxylic acids is 1. The first kappa shape index (κ1) is 12.9. The third kappa shape index (κ3) is 3.20. The van der Waals surface area contributed by atoms with E-state index in [0.29, 0.717) is 10.2 Å². The summed E-state index contributed by atoms with van der Waals surface area (Å²) in [5.41, 5.74) is 0.554. The molecule has 92 valence electrons. The molecule has 4 nitrogen and oxygen atoms in total. The van der Waals surface area contributed by atoms with Crippen molar-refractivity contribution in [2.45, 2.75) is 17.7 Å². The minimum absolute atomic E-state index is 0.0106. The van der Waals surface area contributed by atoms with E-state index >= 15 is 0 Å². The second-order valence-electron chi connectivity index (χ2n) is 3.85. The normalized spacial score (nSPS) is 15.6. The molecule has 1 N–H and O–H groups in total. The highest BCUT2D eigenvalue weighted by Crippen LogP contribution is 2.32. The van der Waals surface area contributed by atoms with Crippen LogP contribution in [-0.2, 0) is 13.8 Å². The molecular formula is C10H9BrClNO3S. The van der Waals surface area contributed by atoms with Gasteiger partial charge in [0.05, 0.1) is 4.90 Å². The van der Waals surface area contributed by atoms with Gasteiger partial charge in [-0.3, -0.25) is 4.79 Å². The highest BCUT2D eigenvalue weighted by molar-refractivity contribution is 9.10. The quantitative estimate of drug-likeness (QED) is 0.862. The average molecular weight is 339 g/mol. The van der Waals surface area contributed by atoms with Crippen molar-refractivity contribution in [1.82, 2.24) is 0 Å². The van der Waals surface area contributed by atoms with E-state index in [1.807, 2.05) is 0 Å². The molecule has 1 amide bonds. The Labute approximate surface area is 112 Å². The number of nitrogens with one attached hydrogen (secondary N) is 1. The van der Waals surface area contributed by atoms with Gasteiger partial charge in [0.1, 0.15) is 0 Å². The lowest BCUT2D eigenvalue weighted by atomic mass is 10.3. The maximum atomic E-state index is 11.5. The molecule has 0 saturated heterocycles. The Hall–Kier alpha value is -0.590. The van der Waals surface area contributed by atoms with Crippen LogP contribution in [0, 0.1) is 5.92 Å². The van der Waals surface area contributed by atoms with Crippen molar-refractivity contribution < 1.29 is 13.2 Å². The monoisotopic (exact) mass is 337 g/mol. The van der Waals surface area contributed by atoms with E-state index in [-0.39, 0.29) is 16.7 Å². The molecule has 17 heavy (non-hydrogen) atoms. The Morgan fingerprint density at radius 1 is 1.41 bits per heavy atom. The number of amides is 1. The topological polar surface area (TPSA) is 63.2 Å². The van der Waals surface area contributed by atoms with E-state index < -0.39 is 9.05 Å². The third-order valence-corrected chi connectivity index (χ3v) is 4.71. The zero-order valence-corrected chi connectivity index (χ0v) is 11.8. The molecule has 0 radical (unpaired) electrons. The van der Waals surface area contributed by atoms with Gasteiger partial charge in [0.2, 0.25) is 5.91 Å². The van der Waals surface area contributed by atoms with Crippen LogP contribution in [0.15, 0.2) is 27.6 Å². The smallest absolute Gasteiger partial charge is 0.262 e. The molecule has 1 saturated carbocycles. The largest absolute Gasteiger partial charge is 0.326 e. The third-order valence-electron chi connectivity index (χ3n) is 2.41. The predicted octanol–water partition coefficient (Wildman–Crippen LogP) is 2.73. The molecule has 0 atom stereocenters. The fourth-order valence-electron chi connectivity index (χ4n) is 1.37. The van der Waals surface area contributed by atoms with Crippen molar-refractivity contribution in [1.29, 1.82) is 0 Å². The van der Waals surface area contributed by atoms with E-state index in [1.165, 1.54) is 18.2 Å². The molecule has 2 rings (SSSR count). The molecule has 1 fully saturated rings. The van der Waals surface area contributed by atoms with Crippen LogP contribution in [0.5, 0.6) is 0 Å². The number of halogens is 2. The minimum atomic E-state index is -3.77. The molecule has 1 aromatic rings. The van der Waals surface area contributed by atoms with E-state index in [4.69, 9.17) is 10.7 Å². The molecule has 0 bridgehead atoms. The van der Waals surface area contributed by atoms with Gasteiger partial charge >= 0.3 is 0 Å². The van der Waals surface area contributed by atoms with Gasteiger partial charge in [-0.05, 0) is 47.0 Å². The second kappa shape index (κ2) is 4.59. The number of benzene rings is 1. The van der Waals surface area contributed by atoms with Crippen LogP contribution in [0.25, 0.3) is 0 Å². The first-order valence-electron chi connectivity index (χ1n) is 4.93. The van der Waals surface area contributed by atoms with Crippen LogP contribution in [0.1, 0.15) is 12.8 Å². The van der Waals surface area contributed by atoms with Gasteiger partial charge in [0, 0.05) is 26.8 Å². The first-order chi connectivity index (χ1) is 7.88. The number of hydrogen-bond acceptors (Lipinski definition) is 3. The van der Waals surface area contributed by atoms with Gasteiger partial charge in [-0.2, -0.15) is 0 Å². The molecule has 1 aliphatic rings. The zero-order chi connectivity index (χ0) is 12.6. The Morgan fingerprint density at radius 2 is 2.06 bits per heavy atom. The van der Waals surface area contributed by atoms with E-state index in [2.05, 4.69) is 21.2 Å². The van der Waals surface area contributed by atoms with E-state index in [9.17, 15) is 13.2 Å². The predicted molar refractivity (Wildman–Crippen MR) is 68.5 cm³/mol. The van der Waals surface area contributed by atoms with Crippen molar-refractivity contribution >= 4 is 47.3 Å². The van der Waals surface area contributed by atoms with Crippen molar-refractivity contribution in [3.05, 3.63) is 22.7 Å². The molecule has 0 spiro atoms. The maximum absolute atomic E-state index is 11.5. The molecular weight excluding hydrogens is 330 g/mol. The summed E-state index contributed by atoms with van der Waals surface area (Å²) in [7, 11) is 1.47. The van der Waals surface area contributed by atoms with Crippen LogP contribution in [-0.4, -0.2) is 14.3 Å². The lowest BCUT2D eigenvalue weighted by Crippen LogP contribution is -2.13. The van der Waals surface area contributed by atoms with Gasteiger partial charge < -0.3 is 5.32 Å². The number of carbonyl (C=O) groups is 1. The van der Waals surface area contributed by atoms with Crippen molar-refractivity contribution in [2.75, 3.05) is 5.32 Å². The van der Waals surface area contributed by atoms with Crippen molar-refractivity contribution in [3.8, 4) is 0 Å². The van der Waals surface area contributed by atoms with Gasteiger partial charge in [-0.25, -0.2) is 8.42 Å². The summed E-state index contributed by atoms with van der Waals surface area (Å²) in [6.07, 6.45) is 1.84. The average Bonchev–Trinajstić information content (AvgIpc) is 2.98. The van der Waals surface area contributed by atoms with E-state index in [0.717, 1.165) is 12.8 Å². The van der Waals surface area contributed by atoms with Crippen LogP contribution in [0.4, 0.5) is 5.69 Å². The molecule has 1 aromatic carbocycles. The summed E-state index contributed by atoms with van der Waals surface area (Å²) >= 11 is 3.11. The number of anilines is 1. The maximum Gasteiger partial charge on any atom is 0.262 e. The van der Waals surface area contributed by atoms with Crippen LogP contribution >= 0.6 is 26.6 Å². The first-order valence-corrected chi connectivity index (χ1v) is 8.03. The lowest BCUT2D eigenvalue weighted by molar-refractivity contribution is -0.117. The van der Waals surface area contributed by atoms with Gasteiger partial charge in [-0.15, -0.1) is 0 Å². The zero-order valence-electron chi connectivity index (χ0n) is 8.61. The van der Waals surface area contributed by atoms with Crippen LogP contribution in [0.2, 0.25) is 0 Å². The number of hydrogen-bond donors (Lipinski definition) is 1.